The number of rotatable bonds is 9. The van der Waals surface area contributed by atoms with Crippen LogP contribution in [0.4, 0.5) is 11.4 Å². The topological polar surface area (TPSA) is 98.1 Å². The van der Waals surface area contributed by atoms with Crippen molar-refractivity contribution >= 4 is 58.2 Å². The number of amides is 2. The number of aromatic nitrogens is 3. The van der Waals surface area contributed by atoms with E-state index >= 15 is 0 Å². The van der Waals surface area contributed by atoms with Gasteiger partial charge in [-0.2, -0.15) is 0 Å². The number of nitrogens with one attached hydrogen (secondary N) is 2. The molecule has 1 heterocycles. The maximum absolute atomic E-state index is 12.4. The number of methoxy groups -OCH3 is 1. The van der Waals surface area contributed by atoms with Crippen molar-refractivity contribution in [2.24, 2.45) is 0 Å². The van der Waals surface area contributed by atoms with Gasteiger partial charge in [0.2, 0.25) is 11.8 Å². The molecule has 0 aliphatic rings. The minimum atomic E-state index is -0.261. The van der Waals surface area contributed by atoms with E-state index in [9.17, 15) is 9.59 Å². The number of hydrogen-bond donors (Lipinski definition) is 2. The summed E-state index contributed by atoms with van der Waals surface area (Å²) < 4.78 is 6.91. The Morgan fingerprint density at radius 1 is 1.06 bits per heavy atom. The lowest BCUT2D eigenvalue weighted by Crippen LogP contribution is -2.18. The summed E-state index contributed by atoms with van der Waals surface area (Å²) in [5.41, 5.74) is 1.10. The lowest BCUT2D eigenvalue weighted by atomic mass is 10.3. The molecule has 2 N–H and O–H groups in total. The van der Waals surface area contributed by atoms with Crippen molar-refractivity contribution in [3.8, 4) is 5.75 Å². The van der Waals surface area contributed by atoms with Gasteiger partial charge < -0.3 is 19.9 Å². The summed E-state index contributed by atoms with van der Waals surface area (Å²) in [6, 6.07) is 11.9. The van der Waals surface area contributed by atoms with Crippen molar-refractivity contribution in [1.82, 2.24) is 14.8 Å². The van der Waals surface area contributed by atoms with E-state index in [1.807, 2.05) is 6.92 Å². The highest BCUT2D eigenvalue weighted by Crippen LogP contribution is 2.26. The molecule has 0 spiro atoms. The summed E-state index contributed by atoms with van der Waals surface area (Å²) in [7, 11) is 1.58. The van der Waals surface area contributed by atoms with Gasteiger partial charge >= 0.3 is 0 Å². The molecule has 32 heavy (non-hydrogen) atoms. The van der Waals surface area contributed by atoms with Gasteiger partial charge in [0, 0.05) is 17.3 Å². The van der Waals surface area contributed by atoms with E-state index < -0.39 is 0 Å². The van der Waals surface area contributed by atoms with E-state index in [-0.39, 0.29) is 24.0 Å². The first-order valence-corrected chi connectivity index (χ1v) is 11.4. The van der Waals surface area contributed by atoms with Gasteiger partial charge in [0.1, 0.15) is 11.6 Å². The Kier molecular flexibility index (Phi) is 8.38. The summed E-state index contributed by atoms with van der Waals surface area (Å²) in [5, 5.41) is 15.2. The Balaban J connectivity index is 1.58. The van der Waals surface area contributed by atoms with Crippen LogP contribution in [0.5, 0.6) is 5.75 Å². The Labute approximate surface area is 199 Å². The monoisotopic (exact) mass is 493 g/mol. The molecular weight excluding hydrogens is 473 g/mol. The molecule has 3 aromatic rings. The first kappa shape index (κ1) is 23.9. The summed E-state index contributed by atoms with van der Waals surface area (Å²) in [5.74, 6) is 0.834. The molecule has 2 aromatic carbocycles. The molecule has 0 aliphatic carbocycles. The highest BCUT2D eigenvalue weighted by atomic mass is 35.5. The molecule has 0 radical (unpaired) electrons. The summed E-state index contributed by atoms with van der Waals surface area (Å²) in [4.78, 5) is 24.7. The van der Waals surface area contributed by atoms with Crippen molar-refractivity contribution in [2.45, 2.75) is 25.0 Å². The summed E-state index contributed by atoms with van der Waals surface area (Å²) >= 11 is 13.2. The molecule has 0 aliphatic heterocycles. The van der Waals surface area contributed by atoms with E-state index in [1.165, 1.54) is 11.8 Å². The Bertz CT molecular complexity index is 1110. The summed E-state index contributed by atoms with van der Waals surface area (Å²) in [6.45, 7) is 2.48. The maximum Gasteiger partial charge on any atom is 0.234 e. The molecule has 0 unspecified atom stereocenters. The van der Waals surface area contributed by atoms with E-state index in [0.717, 1.165) is 0 Å². The van der Waals surface area contributed by atoms with Gasteiger partial charge in [-0.25, -0.2) is 0 Å². The molecule has 1 aromatic heterocycles. The van der Waals surface area contributed by atoms with E-state index in [2.05, 4.69) is 20.8 Å². The first-order valence-electron chi connectivity index (χ1n) is 9.63. The van der Waals surface area contributed by atoms with Crippen LogP contribution in [-0.4, -0.2) is 39.4 Å². The number of thioether (sulfide) groups is 1. The number of carbonyl (C=O) groups excluding carboxylic acids is 2. The zero-order valence-electron chi connectivity index (χ0n) is 17.4. The minimum absolute atomic E-state index is 0.0533. The molecular formula is C21H21Cl2N5O3S. The van der Waals surface area contributed by atoms with Crippen LogP contribution in [-0.2, 0) is 22.6 Å². The van der Waals surface area contributed by atoms with Gasteiger partial charge in [-0.05, 0) is 49.4 Å². The van der Waals surface area contributed by atoms with Gasteiger partial charge in [0.25, 0.3) is 0 Å². The van der Waals surface area contributed by atoms with Gasteiger partial charge in [0.05, 0.1) is 30.0 Å². The number of nitrogens with zero attached hydrogens (tertiary/aromatic N) is 3. The standard InChI is InChI=1S/C21H21Cl2N5O3S/c1-3-28-18(11-19(29)24-14-5-7-15(31-2)8-6-14)26-27-21(28)32-12-20(30)25-17-10-13(22)4-9-16(17)23/h4-10H,3,11-12H2,1-2H3,(H,24,29)(H,25,30). The normalized spacial score (nSPS) is 10.6. The van der Waals surface area contributed by atoms with E-state index in [4.69, 9.17) is 27.9 Å². The van der Waals surface area contributed by atoms with Crippen LogP contribution in [0.15, 0.2) is 47.6 Å². The summed E-state index contributed by atoms with van der Waals surface area (Å²) in [6.07, 6.45) is 0.0533. The SMILES string of the molecule is CCn1c(CC(=O)Nc2ccc(OC)cc2)nnc1SCC(=O)Nc1cc(Cl)ccc1Cl. The van der Waals surface area contributed by atoms with Gasteiger partial charge in [0.15, 0.2) is 5.16 Å². The van der Waals surface area contributed by atoms with Crippen LogP contribution in [0.25, 0.3) is 0 Å². The second kappa shape index (κ2) is 11.2. The highest BCUT2D eigenvalue weighted by Gasteiger charge is 2.16. The second-order valence-corrected chi connectivity index (χ2v) is 8.34. The number of carbonyl (C=O) groups is 2. The fraction of sp³-hybridized carbons (Fsp3) is 0.238. The average molecular weight is 494 g/mol. The maximum atomic E-state index is 12.4. The molecule has 0 atom stereocenters. The highest BCUT2D eigenvalue weighted by molar-refractivity contribution is 7.99. The molecule has 3 rings (SSSR count). The van der Waals surface area contributed by atoms with Crippen LogP contribution < -0.4 is 15.4 Å². The zero-order valence-corrected chi connectivity index (χ0v) is 19.7. The quantitative estimate of drug-likeness (QED) is 0.425. The van der Waals surface area contributed by atoms with Crippen molar-refractivity contribution in [1.29, 1.82) is 0 Å². The van der Waals surface area contributed by atoms with Crippen LogP contribution in [0.2, 0.25) is 10.0 Å². The Hall–Kier alpha value is -2.75. The Morgan fingerprint density at radius 2 is 1.81 bits per heavy atom. The first-order chi connectivity index (χ1) is 15.4. The molecule has 0 saturated carbocycles. The molecule has 0 fully saturated rings. The predicted molar refractivity (Wildman–Crippen MR) is 127 cm³/mol. The van der Waals surface area contributed by atoms with Crippen LogP contribution in [0.3, 0.4) is 0 Å². The molecule has 8 nitrogen and oxygen atoms in total. The lowest BCUT2D eigenvalue weighted by Gasteiger charge is -2.09. The smallest absolute Gasteiger partial charge is 0.234 e. The number of benzene rings is 2. The van der Waals surface area contributed by atoms with Crippen molar-refractivity contribution in [3.63, 3.8) is 0 Å². The van der Waals surface area contributed by atoms with Crippen LogP contribution >= 0.6 is 35.0 Å². The van der Waals surface area contributed by atoms with Crippen molar-refractivity contribution < 1.29 is 14.3 Å². The average Bonchev–Trinajstić information content (AvgIpc) is 3.16. The molecule has 0 saturated heterocycles. The van der Waals surface area contributed by atoms with E-state index in [0.29, 0.717) is 44.7 Å². The number of hydrogen-bond acceptors (Lipinski definition) is 6. The largest absolute Gasteiger partial charge is 0.497 e. The third kappa shape index (κ3) is 6.38. The number of anilines is 2. The number of halogens is 2. The predicted octanol–water partition coefficient (Wildman–Crippen LogP) is 4.53. The fourth-order valence-corrected chi connectivity index (χ4v) is 3.97. The third-order valence-corrected chi connectivity index (χ3v) is 5.87. The van der Waals surface area contributed by atoms with Crippen molar-refractivity contribution in [3.05, 3.63) is 58.3 Å². The Morgan fingerprint density at radius 3 is 2.50 bits per heavy atom. The van der Waals surface area contributed by atoms with Gasteiger partial charge in [-0.15, -0.1) is 10.2 Å². The molecule has 11 heteroatoms. The molecule has 168 valence electrons. The fourth-order valence-electron chi connectivity index (χ4n) is 2.81. The minimum Gasteiger partial charge on any atom is -0.497 e. The van der Waals surface area contributed by atoms with Crippen LogP contribution in [0, 0.1) is 0 Å². The van der Waals surface area contributed by atoms with Gasteiger partial charge in [-0.1, -0.05) is 35.0 Å². The lowest BCUT2D eigenvalue weighted by molar-refractivity contribution is -0.116. The zero-order chi connectivity index (χ0) is 23.1. The molecule has 2 amide bonds. The molecule has 0 bridgehead atoms. The van der Waals surface area contributed by atoms with Gasteiger partial charge in [-0.3, -0.25) is 9.59 Å². The second-order valence-electron chi connectivity index (χ2n) is 6.56. The van der Waals surface area contributed by atoms with E-state index in [1.54, 1.807) is 54.1 Å². The number of ether oxygens (including phenoxy) is 1. The van der Waals surface area contributed by atoms with Crippen molar-refractivity contribution in [2.75, 3.05) is 23.5 Å². The van der Waals surface area contributed by atoms with Crippen LogP contribution in [0.1, 0.15) is 12.7 Å². The third-order valence-electron chi connectivity index (χ3n) is 4.34.